The average Bonchev–Trinajstić information content (AvgIpc) is 2.65. The fourth-order valence-corrected chi connectivity index (χ4v) is 4.16. The van der Waals surface area contributed by atoms with Crippen LogP contribution in [0.1, 0.15) is 0 Å². The molecule has 0 saturated carbocycles. The molecule has 1 saturated heterocycles. The first-order valence-corrected chi connectivity index (χ1v) is 8.92. The van der Waals surface area contributed by atoms with E-state index in [0.717, 1.165) is 4.90 Å². The second-order valence-electron chi connectivity index (χ2n) is 5.73. The van der Waals surface area contributed by atoms with E-state index in [4.69, 9.17) is 9.47 Å². The Morgan fingerprint density at radius 1 is 1.33 bits per heavy atom. The topological polar surface area (TPSA) is 108 Å². The van der Waals surface area contributed by atoms with Gasteiger partial charge in [-0.25, -0.2) is 0 Å². The Balaban J connectivity index is 0.00000261. The predicted octanol–water partition coefficient (Wildman–Crippen LogP) is -3.88. The molecule has 3 rings (SSSR count). The molecule has 2 aliphatic heterocycles. The van der Waals surface area contributed by atoms with Crippen LogP contribution in [0, 0.1) is 0 Å². The second kappa shape index (κ2) is 9.61. The number of methoxy groups -OCH3 is 1. The van der Waals surface area contributed by atoms with Gasteiger partial charge in [0.15, 0.2) is 6.61 Å². The van der Waals surface area contributed by atoms with E-state index in [0.29, 0.717) is 17.1 Å². The van der Waals surface area contributed by atoms with Gasteiger partial charge in [-0.05, 0) is 17.7 Å². The van der Waals surface area contributed by atoms with Crippen LogP contribution in [-0.4, -0.2) is 60.2 Å². The fourth-order valence-electron chi connectivity index (χ4n) is 2.84. The minimum Gasteiger partial charge on any atom is -0.543 e. The molecule has 0 aliphatic carbocycles. The monoisotopic (exact) mass is 400 g/mol. The summed E-state index contributed by atoms with van der Waals surface area (Å²) in [7, 11) is 1.45. The first-order valence-electron chi connectivity index (χ1n) is 7.87. The Morgan fingerprint density at radius 2 is 2.04 bits per heavy atom. The smallest absolute Gasteiger partial charge is 0.543 e. The maximum absolute atomic E-state index is 12.4. The van der Waals surface area contributed by atoms with Crippen LogP contribution in [0.25, 0.3) is 0 Å². The summed E-state index contributed by atoms with van der Waals surface area (Å²) < 4.78 is 10.3. The molecule has 138 valence electrons. The first kappa shape index (κ1) is 21.8. The zero-order valence-electron chi connectivity index (χ0n) is 15.0. The van der Waals surface area contributed by atoms with Crippen LogP contribution in [0.2, 0.25) is 0 Å². The van der Waals surface area contributed by atoms with Gasteiger partial charge in [0.2, 0.25) is 0 Å². The number of rotatable bonds is 7. The van der Waals surface area contributed by atoms with E-state index in [1.54, 1.807) is 24.3 Å². The molecule has 2 amide bonds. The van der Waals surface area contributed by atoms with Gasteiger partial charge in [-0.1, -0.05) is 18.2 Å². The van der Waals surface area contributed by atoms with Crippen LogP contribution in [-0.2, 0) is 19.1 Å². The number of fused-ring (bicyclic) bond motifs is 1. The Bertz CT molecular complexity index is 757. The molecule has 0 spiro atoms. The molecule has 1 N–H and O–H groups in total. The van der Waals surface area contributed by atoms with Gasteiger partial charge in [-0.3, -0.25) is 14.5 Å². The van der Waals surface area contributed by atoms with Gasteiger partial charge in [0.1, 0.15) is 17.2 Å². The van der Waals surface area contributed by atoms with Gasteiger partial charge in [-0.2, -0.15) is 0 Å². The van der Waals surface area contributed by atoms with E-state index in [1.165, 1.54) is 18.9 Å². The average molecular weight is 400 g/mol. The van der Waals surface area contributed by atoms with Crippen molar-refractivity contribution in [3.63, 3.8) is 0 Å². The molecule has 2 aliphatic rings. The minimum absolute atomic E-state index is 0. The number of aliphatic carboxylic acids is 1. The summed E-state index contributed by atoms with van der Waals surface area (Å²) in [6, 6.07) is 8.04. The summed E-state index contributed by atoms with van der Waals surface area (Å²) in [5, 5.41) is 13.6. The van der Waals surface area contributed by atoms with Gasteiger partial charge >= 0.3 is 29.6 Å². The summed E-state index contributed by atoms with van der Waals surface area (Å²) in [5.41, 5.74) is 0.325. The molecule has 10 heteroatoms. The molecular formula is C17H17N2NaO6S. The summed E-state index contributed by atoms with van der Waals surface area (Å²) in [4.78, 5) is 37.0. The van der Waals surface area contributed by atoms with Gasteiger partial charge in [0.25, 0.3) is 11.8 Å². The Hall–Kier alpha value is -1.52. The normalized spacial score (nSPS) is 20.9. The number of ether oxygens (including phenoxy) is 2. The number of β-lactam (4-membered cyclic amide) rings is 1. The van der Waals surface area contributed by atoms with E-state index >= 15 is 0 Å². The largest absolute Gasteiger partial charge is 1.00 e. The van der Waals surface area contributed by atoms with Crippen LogP contribution in [0.15, 0.2) is 41.6 Å². The Labute approximate surface area is 182 Å². The number of carboxylic acid groups (broad SMARTS) is 1. The molecule has 0 aromatic heterocycles. The number of benzene rings is 1. The number of para-hydroxylation sites is 1. The SMILES string of the molecule is COCC1=C(C(=O)[O-])N2C(=O)C(NC(=O)COc3ccccc3)[C@H]2SC1.[Na+]. The van der Waals surface area contributed by atoms with E-state index < -0.39 is 29.2 Å². The number of nitrogens with one attached hydrogen (secondary N) is 1. The van der Waals surface area contributed by atoms with Crippen LogP contribution < -0.4 is 44.7 Å². The van der Waals surface area contributed by atoms with Crippen LogP contribution in [0.5, 0.6) is 5.75 Å². The zero-order valence-corrected chi connectivity index (χ0v) is 17.8. The summed E-state index contributed by atoms with van der Waals surface area (Å²) in [5.74, 6) is -1.42. The number of carbonyl (C=O) groups is 3. The minimum atomic E-state index is -1.42. The molecule has 2 heterocycles. The fraction of sp³-hybridized carbons (Fsp3) is 0.353. The molecule has 0 radical (unpaired) electrons. The van der Waals surface area contributed by atoms with Crippen molar-refractivity contribution in [3.8, 4) is 5.75 Å². The number of carbonyl (C=O) groups excluding carboxylic acids is 3. The summed E-state index contributed by atoms with van der Waals surface area (Å²) >= 11 is 1.37. The molecule has 1 unspecified atom stereocenters. The molecule has 8 nitrogen and oxygen atoms in total. The molecule has 0 bridgehead atoms. The van der Waals surface area contributed by atoms with Crippen LogP contribution >= 0.6 is 11.8 Å². The van der Waals surface area contributed by atoms with Crippen molar-refractivity contribution in [2.24, 2.45) is 0 Å². The third-order valence-corrected chi connectivity index (χ3v) is 5.33. The number of carboxylic acids is 1. The maximum Gasteiger partial charge on any atom is 1.00 e. The van der Waals surface area contributed by atoms with Crippen LogP contribution in [0.3, 0.4) is 0 Å². The molecule has 27 heavy (non-hydrogen) atoms. The van der Waals surface area contributed by atoms with E-state index in [2.05, 4.69) is 5.32 Å². The zero-order chi connectivity index (χ0) is 18.7. The number of hydrogen-bond donors (Lipinski definition) is 1. The molecule has 2 atom stereocenters. The van der Waals surface area contributed by atoms with E-state index in [9.17, 15) is 19.5 Å². The van der Waals surface area contributed by atoms with E-state index in [-0.39, 0.29) is 48.5 Å². The summed E-state index contributed by atoms with van der Waals surface area (Å²) in [6.07, 6.45) is 0. The van der Waals surface area contributed by atoms with Crippen molar-refractivity contribution in [2.75, 3.05) is 26.1 Å². The first-order chi connectivity index (χ1) is 12.5. The number of nitrogens with zero attached hydrogens (tertiary/aromatic N) is 1. The predicted molar refractivity (Wildman–Crippen MR) is 90.9 cm³/mol. The third kappa shape index (κ3) is 4.67. The summed E-state index contributed by atoms with van der Waals surface area (Å²) in [6.45, 7) is -0.127. The standard InChI is InChI=1S/C17H18N2O6S.Na/c1-24-7-10-9-26-16-13(15(21)19(16)14(10)17(22)23)18-12(20)8-25-11-5-3-2-4-6-11;/h2-6,13,16H,7-9H2,1H3,(H,18,20)(H,22,23);/q;+1/p-1/t13?,16-;/m1./s1. The van der Waals surface area contributed by atoms with Crippen molar-refractivity contribution in [2.45, 2.75) is 11.4 Å². The van der Waals surface area contributed by atoms with Gasteiger partial charge < -0.3 is 24.7 Å². The van der Waals surface area contributed by atoms with Crippen molar-refractivity contribution in [1.82, 2.24) is 10.2 Å². The quantitative estimate of drug-likeness (QED) is 0.368. The van der Waals surface area contributed by atoms with Gasteiger partial charge in [0.05, 0.1) is 18.3 Å². The van der Waals surface area contributed by atoms with Gasteiger partial charge in [0, 0.05) is 12.9 Å². The van der Waals surface area contributed by atoms with Crippen molar-refractivity contribution < 1.29 is 58.5 Å². The second-order valence-corrected chi connectivity index (χ2v) is 6.83. The van der Waals surface area contributed by atoms with Crippen molar-refractivity contribution >= 4 is 29.5 Å². The Kier molecular flexibility index (Phi) is 7.75. The van der Waals surface area contributed by atoms with Crippen LogP contribution in [0.4, 0.5) is 0 Å². The van der Waals surface area contributed by atoms with Crippen molar-refractivity contribution in [1.29, 1.82) is 0 Å². The molecule has 1 aromatic carbocycles. The number of hydrogen-bond acceptors (Lipinski definition) is 7. The van der Waals surface area contributed by atoms with Gasteiger partial charge in [-0.15, -0.1) is 11.8 Å². The maximum atomic E-state index is 12.4. The molecule has 1 aromatic rings. The molecule has 1 fully saturated rings. The van der Waals surface area contributed by atoms with E-state index in [1.807, 2.05) is 6.07 Å². The number of thioether (sulfide) groups is 1. The Morgan fingerprint density at radius 3 is 2.67 bits per heavy atom. The number of amides is 2. The third-order valence-electron chi connectivity index (χ3n) is 3.99. The molecular weight excluding hydrogens is 383 g/mol. The van der Waals surface area contributed by atoms with Crippen molar-refractivity contribution in [3.05, 3.63) is 41.6 Å².